The van der Waals surface area contributed by atoms with Crippen LogP contribution in [0.3, 0.4) is 0 Å². The lowest BCUT2D eigenvalue weighted by atomic mass is 10.0. The average molecular weight is 933 g/mol. The number of esters is 1. The van der Waals surface area contributed by atoms with Crippen LogP contribution in [0.5, 0.6) is 0 Å². The van der Waals surface area contributed by atoms with Crippen molar-refractivity contribution < 1.29 is 24.5 Å². The summed E-state index contributed by atoms with van der Waals surface area (Å²) in [6, 6.07) is -0.628. The molecule has 0 bridgehead atoms. The van der Waals surface area contributed by atoms with Gasteiger partial charge in [0, 0.05) is 12.8 Å². The molecular weight excluding hydrogens is 815 g/mol. The molecule has 2 atom stereocenters. The monoisotopic (exact) mass is 932 g/mol. The van der Waals surface area contributed by atoms with E-state index in [9.17, 15) is 19.8 Å². The summed E-state index contributed by atoms with van der Waals surface area (Å²) < 4.78 is 5.50. The van der Waals surface area contributed by atoms with Crippen molar-refractivity contribution in [2.45, 2.75) is 347 Å². The smallest absolute Gasteiger partial charge is 0.305 e. The third-order valence-corrected chi connectivity index (χ3v) is 14.1. The van der Waals surface area contributed by atoms with E-state index >= 15 is 0 Å². The number of amides is 1. The molecule has 1 amide bonds. The third-order valence-electron chi connectivity index (χ3n) is 14.1. The minimum absolute atomic E-state index is 0.0131. The van der Waals surface area contributed by atoms with Crippen LogP contribution in [0.25, 0.3) is 0 Å². The van der Waals surface area contributed by atoms with Gasteiger partial charge in [-0.3, -0.25) is 9.59 Å². The second-order valence-electron chi connectivity index (χ2n) is 20.7. The molecule has 3 N–H and O–H groups in total. The molecule has 66 heavy (non-hydrogen) atoms. The van der Waals surface area contributed by atoms with E-state index in [0.29, 0.717) is 19.4 Å². The van der Waals surface area contributed by atoms with Crippen LogP contribution in [0, 0.1) is 0 Å². The summed E-state index contributed by atoms with van der Waals surface area (Å²) in [7, 11) is 0. The van der Waals surface area contributed by atoms with Crippen LogP contribution in [0.2, 0.25) is 0 Å². The third kappa shape index (κ3) is 52.0. The van der Waals surface area contributed by atoms with E-state index in [1.165, 1.54) is 270 Å². The van der Waals surface area contributed by atoms with Gasteiger partial charge in [-0.1, -0.05) is 302 Å². The van der Waals surface area contributed by atoms with Gasteiger partial charge >= 0.3 is 5.97 Å². The van der Waals surface area contributed by atoms with Gasteiger partial charge in [0.1, 0.15) is 0 Å². The van der Waals surface area contributed by atoms with Gasteiger partial charge in [0.2, 0.25) is 5.91 Å². The summed E-state index contributed by atoms with van der Waals surface area (Å²) in [5.74, 6) is -0.0569. The summed E-state index contributed by atoms with van der Waals surface area (Å²) in [5.41, 5.74) is 0. The van der Waals surface area contributed by atoms with E-state index < -0.39 is 12.1 Å². The Kier molecular flexibility index (Phi) is 55.0. The van der Waals surface area contributed by atoms with Crippen LogP contribution in [-0.2, 0) is 14.3 Å². The number of allylic oxidation sites excluding steroid dienone is 1. The molecule has 0 aromatic heterocycles. The molecule has 0 heterocycles. The van der Waals surface area contributed by atoms with E-state index in [0.717, 1.165) is 38.5 Å². The molecule has 2 unspecified atom stereocenters. The zero-order valence-electron chi connectivity index (χ0n) is 44.7. The molecule has 0 aliphatic rings. The predicted molar refractivity (Wildman–Crippen MR) is 287 cm³/mol. The number of carbonyl (C=O) groups excluding carboxylic acids is 2. The minimum Gasteiger partial charge on any atom is -0.466 e. The molecular formula is C60H117NO5. The van der Waals surface area contributed by atoms with Crippen molar-refractivity contribution in [2.24, 2.45) is 0 Å². The highest BCUT2D eigenvalue weighted by Gasteiger charge is 2.18. The fourth-order valence-corrected chi connectivity index (χ4v) is 9.46. The summed E-state index contributed by atoms with van der Waals surface area (Å²) >= 11 is 0. The van der Waals surface area contributed by atoms with E-state index in [1.807, 2.05) is 6.08 Å². The predicted octanol–water partition coefficient (Wildman–Crippen LogP) is 18.5. The maximum Gasteiger partial charge on any atom is 0.305 e. The molecule has 392 valence electrons. The first kappa shape index (κ1) is 64.6. The molecule has 0 spiro atoms. The molecule has 0 aliphatic carbocycles. The summed E-state index contributed by atoms with van der Waals surface area (Å²) in [4.78, 5) is 24.5. The SMILES string of the molecule is CCCCCCCCCCCC/C=C/C(O)C(CO)NC(=O)CCCCCCCCCCCCCCCCCCCCCOC(=O)CCCCCCCCCCCCCCCCCCCC. The Balaban J connectivity index is 3.37. The van der Waals surface area contributed by atoms with Gasteiger partial charge < -0.3 is 20.3 Å². The molecule has 6 nitrogen and oxygen atoms in total. The largest absolute Gasteiger partial charge is 0.466 e. The van der Waals surface area contributed by atoms with Crippen LogP contribution in [-0.4, -0.2) is 47.4 Å². The Morgan fingerprint density at radius 1 is 0.409 bits per heavy atom. The highest BCUT2D eigenvalue weighted by molar-refractivity contribution is 5.76. The number of aliphatic hydroxyl groups is 2. The molecule has 0 radical (unpaired) electrons. The second kappa shape index (κ2) is 56.2. The Labute approximate surface area is 412 Å². The Morgan fingerprint density at radius 2 is 0.697 bits per heavy atom. The molecule has 0 aliphatic heterocycles. The number of aliphatic hydroxyl groups excluding tert-OH is 2. The van der Waals surface area contributed by atoms with E-state index in [1.54, 1.807) is 6.08 Å². The zero-order chi connectivity index (χ0) is 47.9. The Morgan fingerprint density at radius 3 is 1.03 bits per heavy atom. The van der Waals surface area contributed by atoms with Gasteiger partial charge in [0.15, 0.2) is 0 Å². The zero-order valence-corrected chi connectivity index (χ0v) is 44.7. The minimum atomic E-state index is -0.844. The van der Waals surface area contributed by atoms with Crippen LogP contribution >= 0.6 is 0 Å². The quantitative estimate of drug-likeness (QED) is 0.0321. The van der Waals surface area contributed by atoms with Crippen molar-refractivity contribution in [1.82, 2.24) is 5.32 Å². The van der Waals surface area contributed by atoms with Crippen LogP contribution in [0.1, 0.15) is 335 Å². The van der Waals surface area contributed by atoms with E-state index in [2.05, 4.69) is 19.2 Å². The van der Waals surface area contributed by atoms with Crippen molar-refractivity contribution >= 4 is 11.9 Å². The number of hydrogen-bond donors (Lipinski definition) is 3. The number of rotatable bonds is 56. The second-order valence-corrected chi connectivity index (χ2v) is 20.7. The van der Waals surface area contributed by atoms with Crippen LogP contribution < -0.4 is 5.32 Å². The van der Waals surface area contributed by atoms with Crippen molar-refractivity contribution in [3.63, 3.8) is 0 Å². The van der Waals surface area contributed by atoms with E-state index in [4.69, 9.17) is 4.74 Å². The average Bonchev–Trinajstić information content (AvgIpc) is 3.32. The summed E-state index contributed by atoms with van der Waals surface area (Å²) in [6.45, 7) is 4.91. The summed E-state index contributed by atoms with van der Waals surface area (Å²) in [6.07, 6.45) is 66.7. The molecule has 0 rings (SSSR count). The van der Waals surface area contributed by atoms with Gasteiger partial charge in [-0.25, -0.2) is 0 Å². The molecule has 0 aromatic rings. The Hall–Kier alpha value is -1.40. The first-order valence-electron chi connectivity index (χ1n) is 30.0. The molecule has 0 fully saturated rings. The lowest BCUT2D eigenvalue weighted by Gasteiger charge is -2.20. The van der Waals surface area contributed by atoms with E-state index in [-0.39, 0.29) is 18.5 Å². The molecule has 6 heteroatoms. The van der Waals surface area contributed by atoms with Crippen molar-refractivity contribution in [2.75, 3.05) is 13.2 Å². The van der Waals surface area contributed by atoms with Crippen molar-refractivity contribution in [3.8, 4) is 0 Å². The standard InChI is InChI=1S/C60H117NO5/c1-3-5-7-9-11-13-15-17-18-19-24-27-30-34-38-42-46-50-54-60(65)66-55-51-47-43-39-35-31-28-25-22-20-21-23-26-29-33-37-41-45-49-53-59(64)61-57(56-62)58(63)52-48-44-40-36-32-16-14-12-10-8-6-4-2/h48,52,57-58,62-63H,3-47,49-51,53-56H2,1-2H3,(H,61,64)/b52-48+. The van der Waals surface area contributed by atoms with Gasteiger partial charge in [-0.05, 0) is 32.1 Å². The molecule has 0 aromatic carbocycles. The first-order chi connectivity index (χ1) is 32.5. The molecule has 0 saturated carbocycles. The fourth-order valence-electron chi connectivity index (χ4n) is 9.46. The normalized spacial score (nSPS) is 12.6. The number of carbonyl (C=O) groups is 2. The highest BCUT2D eigenvalue weighted by atomic mass is 16.5. The lowest BCUT2D eigenvalue weighted by Crippen LogP contribution is -2.45. The van der Waals surface area contributed by atoms with Crippen LogP contribution in [0.4, 0.5) is 0 Å². The number of ether oxygens (including phenoxy) is 1. The van der Waals surface area contributed by atoms with Gasteiger partial charge in [-0.2, -0.15) is 0 Å². The number of nitrogens with one attached hydrogen (secondary N) is 1. The maximum absolute atomic E-state index is 12.4. The van der Waals surface area contributed by atoms with Gasteiger partial charge in [0.25, 0.3) is 0 Å². The van der Waals surface area contributed by atoms with Gasteiger partial charge in [0.05, 0.1) is 25.4 Å². The van der Waals surface area contributed by atoms with Crippen molar-refractivity contribution in [3.05, 3.63) is 12.2 Å². The van der Waals surface area contributed by atoms with Crippen LogP contribution in [0.15, 0.2) is 12.2 Å². The summed E-state index contributed by atoms with van der Waals surface area (Å²) in [5, 5.41) is 23.0. The number of unbranched alkanes of at least 4 members (excludes halogenated alkanes) is 45. The van der Waals surface area contributed by atoms with Gasteiger partial charge in [-0.15, -0.1) is 0 Å². The molecule has 0 saturated heterocycles. The topological polar surface area (TPSA) is 95.9 Å². The number of hydrogen-bond acceptors (Lipinski definition) is 5. The highest BCUT2D eigenvalue weighted by Crippen LogP contribution is 2.18. The fraction of sp³-hybridized carbons (Fsp3) is 0.933. The van der Waals surface area contributed by atoms with Crippen molar-refractivity contribution in [1.29, 1.82) is 0 Å². The first-order valence-corrected chi connectivity index (χ1v) is 30.0. The Bertz CT molecular complexity index is 986. The maximum atomic E-state index is 12.4. The lowest BCUT2D eigenvalue weighted by molar-refractivity contribution is -0.143.